The highest BCUT2D eigenvalue weighted by molar-refractivity contribution is 14.1. The summed E-state index contributed by atoms with van der Waals surface area (Å²) in [5, 5.41) is 11.8. The molecule has 0 saturated carbocycles. The first-order valence-corrected chi connectivity index (χ1v) is 15.6. The van der Waals surface area contributed by atoms with E-state index in [-0.39, 0.29) is 28.8 Å². The van der Waals surface area contributed by atoms with Crippen molar-refractivity contribution in [2.45, 2.75) is 79.8 Å². The molecule has 0 aliphatic carbocycles. The van der Waals surface area contributed by atoms with Gasteiger partial charge < -0.3 is 36.5 Å². The SMILES string of the molecule is CC(CI)[C@H](NC(=S)NCCOCCOCCC(=O)C(C)(C)C)C(=O)N[C@@H](CCCNC(N)=O)C(=O)C(C)(C)C. The molecular formula is C27H50IN5O6S. The maximum atomic E-state index is 13.3. The van der Waals surface area contributed by atoms with Crippen LogP contribution in [0.3, 0.4) is 0 Å². The lowest BCUT2D eigenvalue weighted by Gasteiger charge is -2.29. The normalized spacial score (nSPS) is 14.0. The third-order valence-corrected chi connectivity index (χ3v) is 7.59. The van der Waals surface area contributed by atoms with Crippen LogP contribution >= 0.6 is 34.8 Å². The van der Waals surface area contributed by atoms with E-state index >= 15 is 0 Å². The minimum absolute atomic E-state index is 0.0687. The summed E-state index contributed by atoms with van der Waals surface area (Å²) >= 11 is 7.61. The van der Waals surface area contributed by atoms with Gasteiger partial charge in [-0.1, -0.05) is 71.1 Å². The van der Waals surface area contributed by atoms with Crippen LogP contribution in [0.25, 0.3) is 0 Å². The molecule has 0 heterocycles. The molecule has 0 aliphatic heterocycles. The molecule has 0 aromatic heterocycles. The molecule has 232 valence electrons. The van der Waals surface area contributed by atoms with Crippen LogP contribution in [0.4, 0.5) is 4.79 Å². The Morgan fingerprint density at radius 2 is 1.48 bits per heavy atom. The van der Waals surface area contributed by atoms with Crippen LogP contribution in [0.2, 0.25) is 0 Å². The van der Waals surface area contributed by atoms with E-state index in [0.29, 0.717) is 68.3 Å². The van der Waals surface area contributed by atoms with Crippen molar-refractivity contribution < 1.29 is 28.7 Å². The number of halogens is 1. The van der Waals surface area contributed by atoms with Gasteiger partial charge in [0.15, 0.2) is 10.9 Å². The van der Waals surface area contributed by atoms with Crippen LogP contribution in [-0.2, 0) is 23.9 Å². The van der Waals surface area contributed by atoms with E-state index in [2.05, 4.69) is 43.9 Å². The first-order valence-electron chi connectivity index (χ1n) is 13.7. The first-order chi connectivity index (χ1) is 18.5. The fourth-order valence-corrected chi connectivity index (χ4v) is 4.15. The van der Waals surface area contributed by atoms with Gasteiger partial charge in [-0.25, -0.2) is 4.79 Å². The van der Waals surface area contributed by atoms with E-state index in [1.54, 1.807) is 20.8 Å². The van der Waals surface area contributed by atoms with Crippen LogP contribution in [0.5, 0.6) is 0 Å². The summed E-state index contributed by atoms with van der Waals surface area (Å²) in [6, 6.07) is -2.00. The van der Waals surface area contributed by atoms with Crippen molar-refractivity contribution in [1.29, 1.82) is 0 Å². The molecule has 0 bridgehead atoms. The van der Waals surface area contributed by atoms with E-state index in [0.717, 1.165) is 0 Å². The molecule has 0 saturated heterocycles. The summed E-state index contributed by atoms with van der Waals surface area (Å²) in [7, 11) is 0. The molecule has 3 amide bonds. The molecular weight excluding hydrogens is 649 g/mol. The largest absolute Gasteiger partial charge is 0.379 e. The average Bonchev–Trinajstić information content (AvgIpc) is 2.85. The van der Waals surface area contributed by atoms with Crippen LogP contribution < -0.4 is 27.0 Å². The molecule has 0 radical (unpaired) electrons. The second kappa shape index (κ2) is 19.5. The molecule has 0 fully saturated rings. The number of hydrogen-bond acceptors (Lipinski definition) is 7. The number of nitrogens with two attached hydrogens (primary N) is 1. The molecule has 0 aromatic carbocycles. The quantitative estimate of drug-likeness (QED) is 0.0591. The van der Waals surface area contributed by atoms with Gasteiger partial charge >= 0.3 is 6.03 Å². The zero-order valence-electron chi connectivity index (χ0n) is 25.1. The Kier molecular flexibility index (Phi) is 18.8. The van der Waals surface area contributed by atoms with Crippen molar-refractivity contribution >= 4 is 63.4 Å². The highest BCUT2D eigenvalue weighted by Crippen LogP contribution is 2.20. The molecule has 1 unspecified atom stereocenters. The summed E-state index contributed by atoms with van der Waals surface area (Å²) in [6.45, 7) is 15.3. The number of alkyl halides is 1. The smallest absolute Gasteiger partial charge is 0.312 e. The van der Waals surface area contributed by atoms with Gasteiger partial charge in [0.25, 0.3) is 0 Å². The Labute approximate surface area is 258 Å². The number of primary amides is 1. The minimum Gasteiger partial charge on any atom is -0.379 e. The Bertz CT molecular complexity index is 831. The number of carbonyl (C=O) groups is 4. The first kappa shape index (κ1) is 38.4. The number of Topliss-reactive ketones (excluding diaryl/α,β-unsaturated/α-hetero) is 2. The van der Waals surface area contributed by atoms with Gasteiger partial charge in [0.1, 0.15) is 11.8 Å². The highest BCUT2D eigenvalue weighted by atomic mass is 127. The molecule has 13 heteroatoms. The standard InChI is InChI=1S/C27H50IN5O6S/c1-18(17-28)21(23(36)32-19(22(35)27(5,6)7)9-8-11-30-24(29)37)33-25(40)31-12-14-39-16-15-38-13-10-20(34)26(2,3)4/h18-19,21H,8-17H2,1-7H3,(H,32,36)(H3,29,30,37)(H2,31,33,40)/t18?,19-,21-/m0/s1. The summed E-state index contributed by atoms with van der Waals surface area (Å²) < 4.78 is 11.7. The van der Waals surface area contributed by atoms with Crippen molar-refractivity contribution in [2.24, 2.45) is 22.5 Å². The van der Waals surface area contributed by atoms with Crippen molar-refractivity contribution in [2.75, 3.05) is 43.9 Å². The van der Waals surface area contributed by atoms with E-state index in [4.69, 9.17) is 27.4 Å². The summed E-state index contributed by atoms with van der Waals surface area (Å²) in [6.07, 6.45) is 1.23. The van der Waals surface area contributed by atoms with E-state index < -0.39 is 23.5 Å². The van der Waals surface area contributed by atoms with Gasteiger partial charge in [-0.2, -0.15) is 0 Å². The van der Waals surface area contributed by atoms with Crippen LogP contribution in [0.15, 0.2) is 0 Å². The van der Waals surface area contributed by atoms with Crippen molar-refractivity contribution in [3.05, 3.63) is 0 Å². The number of ether oxygens (including phenoxy) is 2. The van der Waals surface area contributed by atoms with Crippen LogP contribution in [-0.4, -0.2) is 84.6 Å². The number of thiocarbonyl (C=S) groups is 1. The van der Waals surface area contributed by atoms with Crippen molar-refractivity contribution in [3.63, 3.8) is 0 Å². The topological polar surface area (TPSA) is 161 Å². The van der Waals surface area contributed by atoms with Crippen molar-refractivity contribution in [3.8, 4) is 0 Å². The lowest BCUT2D eigenvalue weighted by molar-refractivity contribution is -0.133. The van der Waals surface area contributed by atoms with Gasteiger partial charge in [-0.3, -0.25) is 14.4 Å². The van der Waals surface area contributed by atoms with Crippen LogP contribution in [0, 0.1) is 16.7 Å². The van der Waals surface area contributed by atoms with Gasteiger partial charge in [0, 0.05) is 34.8 Å². The number of nitrogens with one attached hydrogen (secondary N) is 4. The van der Waals surface area contributed by atoms with Gasteiger partial charge in [-0.05, 0) is 31.0 Å². The molecule has 11 nitrogen and oxygen atoms in total. The third kappa shape index (κ3) is 17.3. The average molecular weight is 700 g/mol. The number of carbonyl (C=O) groups excluding carboxylic acids is 4. The number of hydrogen-bond donors (Lipinski definition) is 5. The lowest BCUT2D eigenvalue weighted by atomic mass is 9.84. The maximum Gasteiger partial charge on any atom is 0.312 e. The second-order valence-electron chi connectivity index (χ2n) is 11.8. The maximum absolute atomic E-state index is 13.3. The highest BCUT2D eigenvalue weighted by Gasteiger charge is 2.33. The predicted molar refractivity (Wildman–Crippen MR) is 170 cm³/mol. The Morgan fingerprint density at radius 1 is 0.875 bits per heavy atom. The minimum atomic E-state index is -0.711. The number of urea groups is 1. The Hall–Kier alpha value is -1.58. The fourth-order valence-electron chi connectivity index (χ4n) is 3.42. The summed E-state index contributed by atoms with van der Waals surface area (Å²) in [5.41, 5.74) is 4.10. The number of amides is 3. The zero-order chi connectivity index (χ0) is 30.9. The van der Waals surface area contributed by atoms with Crippen LogP contribution in [0.1, 0.15) is 67.7 Å². The van der Waals surface area contributed by atoms with Gasteiger partial charge in [-0.15, -0.1) is 0 Å². The summed E-state index contributed by atoms with van der Waals surface area (Å²) in [4.78, 5) is 49.2. The lowest BCUT2D eigenvalue weighted by Crippen LogP contribution is -2.57. The number of ketones is 2. The third-order valence-electron chi connectivity index (χ3n) is 5.94. The fraction of sp³-hybridized carbons (Fsp3) is 0.815. The predicted octanol–water partition coefficient (Wildman–Crippen LogP) is 2.48. The zero-order valence-corrected chi connectivity index (χ0v) is 28.1. The molecule has 6 N–H and O–H groups in total. The Balaban J connectivity index is 4.72. The monoisotopic (exact) mass is 699 g/mol. The van der Waals surface area contributed by atoms with E-state index in [9.17, 15) is 19.2 Å². The van der Waals surface area contributed by atoms with Gasteiger partial charge in [0.05, 0.1) is 32.5 Å². The molecule has 3 atom stereocenters. The Morgan fingerprint density at radius 3 is 2.00 bits per heavy atom. The molecule has 40 heavy (non-hydrogen) atoms. The van der Waals surface area contributed by atoms with E-state index in [1.807, 2.05) is 27.7 Å². The van der Waals surface area contributed by atoms with Gasteiger partial charge in [0.2, 0.25) is 5.91 Å². The molecule has 0 aliphatic rings. The summed E-state index contributed by atoms with van der Waals surface area (Å²) in [5.74, 6) is -0.322. The van der Waals surface area contributed by atoms with E-state index in [1.165, 1.54) is 0 Å². The molecule has 0 rings (SSSR count). The molecule has 0 spiro atoms. The number of rotatable bonds is 19. The molecule has 0 aromatic rings. The second-order valence-corrected chi connectivity index (χ2v) is 13.1. The van der Waals surface area contributed by atoms with Crippen molar-refractivity contribution in [1.82, 2.24) is 21.3 Å².